The summed E-state index contributed by atoms with van der Waals surface area (Å²) in [5, 5.41) is 2.34. The number of amides is 1. The number of carbonyl (C=O) groups excluding carboxylic acids is 1. The van der Waals surface area contributed by atoms with Crippen molar-refractivity contribution < 1.29 is 22.7 Å². The lowest BCUT2D eigenvalue weighted by Gasteiger charge is -2.15. The number of halogens is 3. The van der Waals surface area contributed by atoms with E-state index in [2.05, 4.69) is 5.32 Å². The Labute approximate surface area is 108 Å². The molecule has 106 valence electrons. The summed E-state index contributed by atoms with van der Waals surface area (Å²) >= 11 is 0. The summed E-state index contributed by atoms with van der Waals surface area (Å²) in [7, 11) is 1.28. The van der Waals surface area contributed by atoms with Crippen LogP contribution in [0, 0.1) is 0 Å². The van der Waals surface area contributed by atoms with Gasteiger partial charge in [-0.05, 0) is 24.6 Å². The van der Waals surface area contributed by atoms with Gasteiger partial charge in [0, 0.05) is 6.54 Å². The van der Waals surface area contributed by atoms with Gasteiger partial charge in [-0.1, -0.05) is 6.07 Å². The second-order valence-corrected chi connectivity index (χ2v) is 4.03. The van der Waals surface area contributed by atoms with Gasteiger partial charge in [-0.15, -0.1) is 0 Å². The van der Waals surface area contributed by atoms with Crippen LogP contribution in [0.25, 0.3) is 0 Å². The number of alkyl halides is 3. The number of nitrogens with one attached hydrogen (secondary N) is 1. The number of hydrogen-bond acceptors (Lipinski definition) is 3. The van der Waals surface area contributed by atoms with Crippen molar-refractivity contribution in [3.05, 3.63) is 29.3 Å². The van der Waals surface area contributed by atoms with Crippen LogP contribution in [0.15, 0.2) is 18.2 Å². The molecular weight excluding hydrogens is 261 g/mol. The molecule has 0 saturated carbocycles. The van der Waals surface area contributed by atoms with Crippen LogP contribution >= 0.6 is 0 Å². The number of ether oxygens (including phenoxy) is 1. The first-order valence-corrected chi connectivity index (χ1v) is 5.53. The fourth-order valence-corrected chi connectivity index (χ4v) is 1.44. The van der Waals surface area contributed by atoms with Gasteiger partial charge in [0.15, 0.2) is 0 Å². The van der Waals surface area contributed by atoms with Crippen molar-refractivity contribution in [2.45, 2.75) is 25.7 Å². The van der Waals surface area contributed by atoms with E-state index in [1.54, 1.807) is 0 Å². The fourth-order valence-electron chi connectivity index (χ4n) is 1.44. The van der Waals surface area contributed by atoms with Crippen LogP contribution in [0.3, 0.4) is 0 Å². The lowest BCUT2D eigenvalue weighted by atomic mass is 10.1. The Morgan fingerprint density at radius 2 is 2.11 bits per heavy atom. The number of hydrogen-bond donors (Lipinski definition) is 2. The highest BCUT2D eigenvalue weighted by molar-refractivity contribution is 5.80. The molecule has 0 heterocycles. The Balaban J connectivity index is 2.97. The van der Waals surface area contributed by atoms with E-state index >= 15 is 0 Å². The van der Waals surface area contributed by atoms with Gasteiger partial charge in [0.25, 0.3) is 0 Å². The summed E-state index contributed by atoms with van der Waals surface area (Å²) in [6, 6.07) is 2.80. The predicted molar refractivity (Wildman–Crippen MR) is 63.5 cm³/mol. The quantitative estimate of drug-likeness (QED) is 0.879. The number of benzene rings is 1. The van der Waals surface area contributed by atoms with E-state index in [0.29, 0.717) is 0 Å². The van der Waals surface area contributed by atoms with E-state index in [1.807, 2.05) is 0 Å². The maximum atomic E-state index is 12.9. The van der Waals surface area contributed by atoms with Crippen LogP contribution in [0.1, 0.15) is 18.1 Å². The molecule has 0 fully saturated rings. The molecule has 0 aromatic heterocycles. The summed E-state index contributed by atoms with van der Waals surface area (Å²) in [5.41, 5.74) is 4.44. The Morgan fingerprint density at radius 3 is 2.58 bits per heavy atom. The molecule has 3 N–H and O–H groups in total. The van der Waals surface area contributed by atoms with Gasteiger partial charge < -0.3 is 15.8 Å². The first-order chi connectivity index (χ1) is 8.75. The third-order valence-corrected chi connectivity index (χ3v) is 2.49. The molecule has 0 unspecified atom stereocenters. The maximum Gasteiger partial charge on any atom is 0.416 e. The van der Waals surface area contributed by atoms with Crippen LogP contribution in [0.5, 0.6) is 5.75 Å². The summed E-state index contributed by atoms with van der Waals surface area (Å²) in [4.78, 5) is 11.3. The first-order valence-electron chi connectivity index (χ1n) is 5.53. The number of methoxy groups -OCH3 is 1. The summed E-state index contributed by atoms with van der Waals surface area (Å²) in [6.07, 6.45) is -4.51. The monoisotopic (exact) mass is 276 g/mol. The summed E-state index contributed by atoms with van der Waals surface area (Å²) in [5.74, 6) is -0.404. The van der Waals surface area contributed by atoms with E-state index in [4.69, 9.17) is 10.5 Å². The minimum absolute atomic E-state index is 0.0395. The molecule has 1 atom stereocenters. The zero-order chi connectivity index (χ0) is 14.6. The second kappa shape index (κ2) is 5.92. The molecule has 1 rings (SSSR count). The topological polar surface area (TPSA) is 64.3 Å². The van der Waals surface area contributed by atoms with Crippen molar-refractivity contribution in [2.75, 3.05) is 7.11 Å². The average Bonchev–Trinajstić information content (AvgIpc) is 2.34. The molecule has 7 heteroatoms. The van der Waals surface area contributed by atoms with Crippen molar-refractivity contribution >= 4 is 5.91 Å². The van der Waals surface area contributed by atoms with Gasteiger partial charge >= 0.3 is 6.18 Å². The third kappa shape index (κ3) is 4.13. The van der Waals surface area contributed by atoms with Crippen LogP contribution in [0.2, 0.25) is 0 Å². The molecule has 19 heavy (non-hydrogen) atoms. The second-order valence-electron chi connectivity index (χ2n) is 4.03. The summed E-state index contributed by atoms with van der Waals surface area (Å²) in [6.45, 7) is 1.22. The fraction of sp³-hybridized carbons (Fsp3) is 0.417. The predicted octanol–water partition coefficient (Wildman–Crippen LogP) is 1.68. The van der Waals surface area contributed by atoms with Crippen molar-refractivity contribution in [2.24, 2.45) is 5.73 Å². The Kier molecular flexibility index (Phi) is 4.77. The SMILES string of the molecule is COc1ccc(CNC(=O)[C@@H](C)N)c(C(F)(F)F)c1. The molecule has 0 radical (unpaired) electrons. The Bertz CT molecular complexity index is 459. The normalized spacial score (nSPS) is 12.9. The molecule has 0 aliphatic carbocycles. The number of carbonyl (C=O) groups is 1. The van der Waals surface area contributed by atoms with Gasteiger partial charge in [0.2, 0.25) is 5.91 Å². The molecular formula is C12H15F3N2O2. The van der Waals surface area contributed by atoms with E-state index < -0.39 is 23.7 Å². The number of nitrogens with two attached hydrogens (primary N) is 1. The molecule has 1 aromatic carbocycles. The van der Waals surface area contributed by atoms with Crippen molar-refractivity contribution in [3.8, 4) is 5.75 Å². The smallest absolute Gasteiger partial charge is 0.416 e. The minimum atomic E-state index is -4.51. The molecule has 0 spiro atoms. The molecule has 0 aliphatic heterocycles. The minimum Gasteiger partial charge on any atom is -0.497 e. The van der Waals surface area contributed by atoms with Crippen LogP contribution in [0.4, 0.5) is 13.2 Å². The molecule has 1 amide bonds. The van der Waals surface area contributed by atoms with E-state index in [0.717, 1.165) is 6.07 Å². The standard InChI is InChI=1S/C12H15F3N2O2/c1-7(16)11(18)17-6-8-3-4-9(19-2)5-10(8)12(13,14)15/h3-5,7H,6,16H2,1-2H3,(H,17,18)/t7-/m1/s1. The number of rotatable bonds is 4. The van der Waals surface area contributed by atoms with Gasteiger partial charge in [-0.25, -0.2) is 0 Å². The Hall–Kier alpha value is -1.76. The van der Waals surface area contributed by atoms with Crippen LogP contribution < -0.4 is 15.8 Å². The Morgan fingerprint density at radius 1 is 1.47 bits per heavy atom. The molecule has 0 saturated heterocycles. The van der Waals surface area contributed by atoms with Crippen molar-refractivity contribution in [1.82, 2.24) is 5.32 Å². The lowest BCUT2D eigenvalue weighted by molar-refractivity contribution is -0.138. The van der Waals surface area contributed by atoms with Gasteiger partial charge in [0.05, 0.1) is 18.7 Å². The van der Waals surface area contributed by atoms with Gasteiger partial charge in [-0.3, -0.25) is 4.79 Å². The largest absolute Gasteiger partial charge is 0.497 e. The lowest BCUT2D eigenvalue weighted by Crippen LogP contribution is -2.38. The van der Waals surface area contributed by atoms with Crippen LogP contribution in [-0.4, -0.2) is 19.1 Å². The van der Waals surface area contributed by atoms with E-state index in [9.17, 15) is 18.0 Å². The summed E-state index contributed by atoms with van der Waals surface area (Å²) < 4.78 is 43.3. The van der Waals surface area contributed by atoms with E-state index in [1.165, 1.54) is 26.2 Å². The van der Waals surface area contributed by atoms with Crippen molar-refractivity contribution in [3.63, 3.8) is 0 Å². The highest BCUT2D eigenvalue weighted by atomic mass is 19.4. The maximum absolute atomic E-state index is 12.9. The van der Waals surface area contributed by atoms with Gasteiger partial charge in [0.1, 0.15) is 5.75 Å². The molecule has 1 aromatic rings. The third-order valence-electron chi connectivity index (χ3n) is 2.49. The molecule has 4 nitrogen and oxygen atoms in total. The van der Waals surface area contributed by atoms with Crippen LogP contribution in [-0.2, 0) is 17.5 Å². The zero-order valence-corrected chi connectivity index (χ0v) is 10.5. The molecule has 0 aliphatic rings. The highest BCUT2D eigenvalue weighted by Crippen LogP contribution is 2.34. The average molecular weight is 276 g/mol. The molecule has 0 bridgehead atoms. The van der Waals surface area contributed by atoms with Gasteiger partial charge in [-0.2, -0.15) is 13.2 Å². The highest BCUT2D eigenvalue weighted by Gasteiger charge is 2.33. The van der Waals surface area contributed by atoms with Crippen molar-refractivity contribution in [1.29, 1.82) is 0 Å². The first kappa shape index (κ1) is 15.3. The zero-order valence-electron chi connectivity index (χ0n) is 10.5. The van der Waals surface area contributed by atoms with E-state index in [-0.39, 0.29) is 17.9 Å².